The average Bonchev–Trinajstić information content (AvgIpc) is 4.06. The van der Waals surface area contributed by atoms with Crippen LogP contribution in [-0.2, 0) is 58.7 Å². The summed E-state index contributed by atoms with van der Waals surface area (Å²) in [7, 11) is 1.88. The second-order valence-electron chi connectivity index (χ2n) is 18.3. The Morgan fingerprint density at radius 2 is 1.55 bits per heavy atom. The van der Waals surface area contributed by atoms with Crippen molar-refractivity contribution in [1.29, 1.82) is 0 Å². The third-order valence-electron chi connectivity index (χ3n) is 14.4. The zero-order valence-corrected chi connectivity index (χ0v) is 36.6. The van der Waals surface area contributed by atoms with Crippen LogP contribution in [0.3, 0.4) is 0 Å². The summed E-state index contributed by atoms with van der Waals surface area (Å²) in [4.78, 5) is 86.2. The lowest BCUT2D eigenvalue weighted by Crippen LogP contribution is -2.54. The van der Waals surface area contributed by atoms with Crippen molar-refractivity contribution in [3.8, 4) is 11.3 Å². The maximum absolute atomic E-state index is 15.0. The molecule has 6 amide bonds. The first-order chi connectivity index (χ1) is 31.8. The molecule has 0 radical (unpaired) electrons. The molecule has 2 aromatic carbocycles. The zero-order chi connectivity index (χ0) is 45.7. The van der Waals surface area contributed by atoms with Gasteiger partial charge >= 0.3 is 0 Å². The number of carbonyl (C=O) groups is 6. The molecular weight excluding hydrogens is 853 g/mol. The molecule has 1 N–H and O–H groups in total. The van der Waals surface area contributed by atoms with Crippen LogP contribution < -0.4 is 10.2 Å². The molecule has 0 aliphatic carbocycles. The van der Waals surface area contributed by atoms with Crippen molar-refractivity contribution < 1.29 is 37.5 Å². The smallest absolute Gasteiger partial charge is 0.264 e. The lowest BCUT2D eigenvalue weighted by Gasteiger charge is -2.34. The fourth-order valence-corrected chi connectivity index (χ4v) is 10.9. The average molecular weight is 900 g/mol. The van der Waals surface area contributed by atoms with Gasteiger partial charge in [0.15, 0.2) is 5.82 Å². The van der Waals surface area contributed by atoms with Gasteiger partial charge in [-0.15, -0.1) is 10.2 Å². The number of aromatic nitrogens is 5. The molecule has 2 saturated heterocycles. The number of nitrogens with zero attached hydrogens (tertiary/aromatic N) is 10. The Kier molecular flexibility index (Phi) is 10.1. The molecule has 19 heteroatoms. The Balaban J connectivity index is 0.799. The van der Waals surface area contributed by atoms with Crippen LogP contribution in [0.4, 0.5) is 20.3 Å². The number of alkyl halides is 2. The van der Waals surface area contributed by atoms with Crippen LogP contribution in [-0.4, -0.2) is 118 Å². The summed E-state index contributed by atoms with van der Waals surface area (Å²) in [6, 6.07) is 9.37. The second kappa shape index (κ2) is 15.9. The molecule has 6 aliphatic heterocycles. The molecular formula is C47H47F2N11O6. The molecule has 9 heterocycles. The van der Waals surface area contributed by atoms with E-state index in [0.717, 1.165) is 44.8 Å². The molecule has 3 aromatic heterocycles. The fourth-order valence-electron chi connectivity index (χ4n) is 10.9. The summed E-state index contributed by atoms with van der Waals surface area (Å²) in [6.45, 7) is 5.01. The topological polar surface area (TPSA) is 179 Å². The van der Waals surface area contributed by atoms with Crippen molar-refractivity contribution in [1.82, 2.24) is 49.5 Å². The predicted molar refractivity (Wildman–Crippen MR) is 233 cm³/mol. The second-order valence-corrected chi connectivity index (χ2v) is 18.3. The largest absolute Gasteiger partial charge is 0.349 e. The van der Waals surface area contributed by atoms with Gasteiger partial charge in [-0.25, -0.2) is 8.78 Å². The van der Waals surface area contributed by atoms with Gasteiger partial charge in [-0.1, -0.05) is 0 Å². The molecule has 17 nitrogen and oxygen atoms in total. The fraction of sp³-hybridized carbons (Fsp3) is 0.426. The van der Waals surface area contributed by atoms with Gasteiger partial charge in [-0.3, -0.25) is 48.6 Å². The molecule has 2 fully saturated rings. The SMILES string of the molecule is CC(=O)N1CCc2c(c(N3CCCc4cc(-c5cc6c(ccn6C)nn5)c(C(F)F)cc43)nn2C2CCN(C(=O)CN3Cc4cc5c(cc4C3)C(=O)N(C3CCC(=O)NC3=O)C5=O)CC2)C1. The number of likely N-dealkylation sites (tertiary alicyclic amines) is 1. The lowest BCUT2D eigenvalue weighted by atomic mass is 9.93. The Bertz CT molecular complexity index is 2890. The maximum Gasteiger partial charge on any atom is 0.264 e. The number of halogens is 2. The van der Waals surface area contributed by atoms with Gasteiger partial charge in [-0.2, -0.15) is 5.10 Å². The number of nitrogens with one attached hydrogen (secondary N) is 1. The highest BCUT2D eigenvalue weighted by atomic mass is 19.3. The van der Waals surface area contributed by atoms with Crippen molar-refractivity contribution in [2.75, 3.05) is 37.6 Å². The van der Waals surface area contributed by atoms with Crippen molar-refractivity contribution in [3.05, 3.63) is 87.2 Å². The number of anilines is 2. The van der Waals surface area contributed by atoms with E-state index in [1.54, 1.807) is 36.1 Å². The van der Waals surface area contributed by atoms with Crippen LogP contribution in [0.1, 0.15) is 106 Å². The number of hydrogen-bond acceptors (Lipinski definition) is 11. The van der Waals surface area contributed by atoms with E-state index in [1.165, 1.54) is 0 Å². The highest BCUT2D eigenvalue weighted by Crippen LogP contribution is 2.44. The minimum Gasteiger partial charge on any atom is -0.349 e. The molecule has 6 aliphatic rings. The van der Waals surface area contributed by atoms with Crippen LogP contribution in [0.2, 0.25) is 0 Å². The van der Waals surface area contributed by atoms with Gasteiger partial charge in [0.2, 0.25) is 23.6 Å². The number of amides is 6. The van der Waals surface area contributed by atoms with Gasteiger partial charge < -0.3 is 19.3 Å². The number of aryl methyl sites for hydroxylation is 2. The summed E-state index contributed by atoms with van der Waals surface area (Å²) in [5.74, 6) is -1.62. The number of benzene rings is 2. The van der Waals surface area contributed by atoms with Gasteiger partial charge in [-0.05, 0) is 85.2 Å². The minimum absolute atomic E-state index is 0.0251. The molecule has 0 saturated carbocycles. The number of hydrogen-bond donors (Lipinski definition) is 1. The number of fused-ring (bicyclic) bond motifs is 5. The van der Waals surface area contributed by atoms with Gasteiger partial charge in [0.25, 0.3) is 18.2 Å². The normalized spacial score (nSPS) is 20.0. The summed E-state index contributed by atoms with van der Waals surface area (Å²) < 4.78 is 34.0. The third-order valence-corrected chi connectivity index (χ3v) is 14.4. The van der Waals surface area contributed by atoms with E-state index in [9.17, 15) is 28.8 Å². The van der Waals surface area contributed by atoms with Crippen LogP contribution in [0.25, 0.3) is 22.3 Å². The van der Waals surface area contributed by atoms with Crippen molar-refractivity contribution in [2.24, 2.45) is 7.05 Å². The van der Waals surface area contributed by atoms with Gasteiger partial charge in [0.1, 0.15) is 11.6 Å². The first-order valence-electron chi connectivity index (χ1n) is 22.6. The van der Waals surface area contributed by atoms with E-state index in [1.807, 2.05) is 44.6 Å². The number of rotatable bonds is 7. The molecule has 1 unspecified atom stereocenters. The number of carbonyl (C=O) groups excluding carboxylic acids is 6. The minimum atomic E-state index is -2.77. The summed E-state index contributed by atoms with van der Waals surface area (Å²) in [5.41, 5.74) is 7.73. The quantitative estimate of drug-likeness (QED) is 0.230. The van der Waals surface area contributed by atoms with Crippen molar-refractivity contribution in [2.45, 2.75) is 90.0 Å². The van der Waals surface area contributed by atoms with Gasteiger partial charge in [0.05, 0.1) is 41.5 Å². The standard InChI is InChI=1S/C47H47F2N11O6/c1-25(61)57-15-10-37-34(23-57)44(58-11-3-4-26-16-30(31(43(48)49)19-39(26)58)36-20-40-35(51-52-36)9-12-54(40)2)53-60(37)29-7-13-56(14-8-29)42(63)24-55-21-27-17-32-33(18-28(27)22-55)47(66)59(46(32)65)38-5-6-41(62)50-45(38)64/h9,12,16-20,29,38,43H,3-8,10-11,13-15,21-24H2,1-2H3,(H,50,62,64). The molecule has 5 aromatic rings. The molecule has 1 atom stereocenters. The van der Waals surface area contributed by atoms with E-state index >= 15 is 8.78 Å². The van der Waals surface area contributed by atoms with E-state index in [2.05, 4.69) is 20.2 Å². The molecule has 0 bridgehead atoms. The molecule has 340 valence electrons. The first kappa shape index (κ1) is 41.8. The van der Waals surface area contributed by atoms with Gasteiger partial charge in [0, 0.05) is 100 Å². The Morgan fingerprint density at radius 1 is 0.818 bits per heavy atom. The summed E-state index contributed by atoms with van der Waals surface area (Å²) >= 11 is 0. The van der Waals surface area contributed by atoms with Crippen LogP contribution in [0.15, 0.2) is 42.6 Å². The summed E-state index contributed by atoms with van der Waals surface area (Å²) in [5, 5.41) is 16.2. The molecule has 66 heavy (non-hydrogen) atoms. The van der Waals surface area contributed by atoms with E-state index in [-0.39, 0.29) is 53.9 Å². The number of piperidine rings is 2. The third kappa shape index (κ3) is 6.93. The van der Waals surface area contributed by atoms with E-state index < -0.39 is 36.1 Å². The molecule has 0 spiro atoms. The highest BCUT2D eigenvalue weighted by molar-refractivity contribution is 6.23. The predicted octanol–water partition coefficient (Wildman–Crippen LogP) is 4.34. The van der Waals surface area contributed by atoms with Crippen molar-refractivity contribution >= 4 is 58.0 Å². The van der Waals surface area contributed by atoms with E-state index in [4.69, 9.17) is 5.10 Å². The highest BCUT2D eigenvalue weighted by Gasteiger charge is 2.46. The lowest BCUT2D eigenvalue weighted by molar-refractivity contribution is -0.136. The van der Waals surface area contributed by atoms with Crippen LogP contribution >= 0.6 is 0 Å². The monoisotopic (exact) mass is 899 g/mol. The Labute approximate surface area is 377 Å². The number of imide groups is 2. The maximum atomic E-state index is 15.0. The first-order valence-corrected chi connectivity index (χ1v) is 22.6. The summed E-state index contributed by atoms with van der Waals surface area (Å²) in [6.07, 6.45) is 2.57. The Hall–Kier alpha value is -6.89. The van der Waals surface area contributed by atoms with Crippen molar-refractivity contribution in [3.63, 3.8) is 0 Å². The molecule has 11 rings (SSSR count). The van der Waals surface area contributed by atoms with Crippen LogP contribution in [0, 0.1) is 0 Å². The zero-order valence-electron chi connectivity index (χ0n) is 36.6. The Morgan fingerprint density at radius 3 is 2.24 bits per heavy atom. The van der Waals surface area contributed by atoms with Crippen LogP contribution in [0.5, 0.6) is 0 Å². The van der Waals surface area contributed by atoms with E-state index in [0.29, 0.717) is 99.8 Å².